The van der Waals surface area contributed by atoms with E-state index in [1.165, 1.54) is 17.1 Å². The molecule has 168 valence electrons. The van der Waals surface area contributed by atoms with Crippen molar-refractivity contribution in [1.29, 1.82) is 0 Å². The number of nitrogens with zero attached hydrogens (tertiary/aromatic N) is 4. The Kier molecular flexibility index (Phi) is 5.07. The topological polar surface area (TPSA) is 164 Å². The number of hydrogen-bond acceptors (Lipinski definition) is 9. The Labute approximate surface area is 187 Å². The smallest absolute Gasteiger partial charge is 0.262 e. The summed E-state index contributed by atoms with van der Waals surface area (Å²) in [6.07, 6.45) is -1.85. The van der Waals surface area contributed by atoms with Crippen LogP contribution in [0.4, 0.5) is 5.82 Å². The Morgan fingerprint density at radius 2 is 1.79 bits per heavy atom. The van der Waals surface area contributed by atoms with Gasteiger partial charge in [0, 0.05) is 6.20 Å². The summed E-state index contributed by atoms with van der Waals surface area (Å²) in [5.41, 5.74) is 7.40. The number of benzene rings is 1. The van der Waals surface area contributed by atoms with E-state index in [2.05, 4.69) is 21.8 Å². The van der Waals surface area contributed by atoms with Gasteiger partial charge in [-0.3, -0.25) is 14.5 Å². The highest BCUT2D eigenvalue weighted by Crippen LogP contribution is 2.34. The molecule has 33 heavy (non-hydrogen) atoms. The fourth-order valence-corrected chi connectivity index (χ4v) is 4.10. The van der Waals surface area contributed by atoms with E-state index in [1.54, 1.807) is 24.3 Å². The first kappa shape index (κ1) is 21.0. The quantitative estimate of drug-likeness (QED) is 0.298. The molecule has 5 rings (SSSR count). The standard InChI is InChI=1S/C22H19N5O6/c23-18-15-11(4-3-7-26-20(31)12-5-1-2-6-13(12)21(26)32)8-27(19(15)25-10-24-18)22-17(30)16(29)14(9-28)33-22/h1-2,5-6,8,10,14,16-17,22,28-30H,7,9H2,(H2,23,24,25)/t14-,16-,17-,22-/m1/s1. The zero-order valence-electron chi connectivity index (χ0n) is 17.1. The molecule has 0 radical (unpaired) electrons. The number of imide groups is 1. The summed E-state index contributed by atoms with van der Waals surface area (Å²) in [5, 5.41) is 30.3. The number of amides is 2. The normalized spacial score (nSPS) is 24.3. The summed E-state index contributed by atoms with van der Waals surface area (Å²) in [5.74, 6) is 5.02. The van der Waals surface area contributed by atoms with E-state index < -0.39 is 43.0 Å². The van der Waals surface area contributed by atoms with Gasteiger partial charge in [0.1, 0.15) is 36.1 Å². The van der Waals surface area contributed by atoms with Crippen LogP contribution in [-0.2, 0) is 4.74 Å². The highest BCUT2D eigenvalue weighted by molar-refractivity contribution is 6.21. The average Bonchev–Trinajstić information content (AvgIpc) is 3.41. The molecule has 3 aromatic rings. The van der Waals surface area contributed by atoms with Gasteiger partial charge in [-0.2, -0.15) is 0 Å². The predicted octanol–water partition coefficient (Wildman–Crippen LogP) is -0.727. The number of aromatic nitrogens is 3. The lowest BCUT2D eigenvalue weighted by molar-refractivity contribution is -0.0508. The zero-order chi connectivity index (χ0) is 23.3. The maximum atomic E-state index is 12.5. The van der Waals surface area contributed by atoms with Gasteiger partial charge in [-0.05, 0) is 12.1 Å². The van der Waals surface area contributed by atoms with Crippen molar-refractivity contribution in [1.82, 2.24) is 19.4 Å². The molecule has 11 heteroatoms. The van der Waals surface area contributed by atoms with Crippen molar-refractivity contribution in [3.63, 3.8) is 0 Å². The Bertz CT molecular complexity index is 1310. The molecule has 0 unspecified atom stereocenters. The molecule has 2 aromatic heterocycles. The minimum atomic E-state index is -1.33. The Morgan fingerprint density at radius 1 is 1.09 bits per heavy atom. The third kappa shape index (κ3) is 3.24. The predicted molar refractivity (Wildman–Crippen MR) is 114 cm³/mol. The van der Waals surface area contributed by atoms with Gasteiger partial charge in [-0.1, -0.05) is 24.0 Å². The van der Waals surface area contributed by atoms with Crippen LogP contribution in [0.3, 0.4) is 0 Å². The molecule has 0 bridgehead atoms. The number of anilines is 1. The van der Waals surface area contributed by atoms with Crippen molar-refractivity contribution in [2.45, 2.75) is 24.5 Å². The van der Waals surface area contributed by atoms with Crippen LogP contribution >= 0.6 is 0 Å². The van der Waals surface area contributed by atoms with Crippen LogP contribution in [0.15, 0.2) is 36.8 Å². The Balaban J connectivity index is 1.48. The van der Waals surface area contributed by atoms with Gasteiger partial charge in [-0.15, -0.1) is 0 Å². The van der Waals surface area contributed by atoms with Crippen LogP contribution in [0.25, 0.3) is 11.0 Å². The molecule has 2 aliphatic heterocycles. The molecule has 0 spiro atoms. The van der Waals surface area contributed by atoms with Gasteiger partial charge in [0.15, 0.2) is 6.23 Å². The van der Waals surface area contributed by atoms with Crippen molar-refractivity contribution in [2.75, 3.05) is 18.9 Å². The number of rotatable bonds is 3. The number of hydrogen-bond donors (Lipinski definition) is 4. The van der Waals surface area contributed by atoms with Gasteiger partial charge in [-0.25, -0.2) is 9.97 Å². The van der Waals surface area contributed by atoms with Gasteiger partial charge in [0.2, 0.25) is 0 Å². The van der Waals surface area contributed by atoms with Crippen LogP contribution in [0, 0.1) is 11.8 Å². The Hall–Kier alpha value is -3.82. The second-order valence-electron chi connectivity index (χ2n) is 7.68. The third-order valence-electron chi connectivity index (χ3n) is 5.77. The summed E-state index contributed by atoms with van der Waals surface area (Å²) < 4.78 is 7.06. The number of aliphatic hydroxyl groups excluding tert-OH is 3. The lowest BCUT2D eigenvalue weighted by Gasteiger charge is -2.17. The minimum Gasteiger partial charge on any atom is -0.394 e. The second-order valence-corrected chi connectivity index (χ2v) is 7.68. The first-order chi connectivity index (χ1) is 15.9. The molecule has 1 aromatic carbocycles. The fraction of sp³-hybridized carbons (Fsp3) is 0.273. The largest absolute Gasteiger partial charge is 0.394 e. The molecule has 11 nitrogen and oxygen atoms in total. The molecule has 5 N–H and O–H groups in total. The number of ether oxygens (including phenoxy) is 1. The molecule has 0 saturated carbocycles. The van der Waals surface area contributed by atoms with Gasteiger partial charge in [0.05, 0.1) is 35.2 Å². The average molecular weight is 449 g/mol. The van der Waals surface area contributed by atoms with Crippen LogP contribution < -0.4 is 5.73 Å². The molecular weight excluding hydrogens is 430 g/mol. The van der Waals surface area contributed by atoms with Crippen LogP contribution in [0.5, 0.6) is 0 Å². The summed E-state index contributed by atoms with van der Waals surface area (Å²) in [6.45, 7) is -0.613. The lowest BCUT2D eigenvalue weighted by Crippen LogP contribution is -2.33. The molecule has 1 fully saturated rings. The maximum Gasteiger partial charge on any atom is 0.262 e. The number of nitrogen functional groups attached to an aromatic ring is 1. The van der Waals surface area contributed by atoms with Gasteiger partial charge in [0.25, 0.3) is 11.8 Å². The van der Waals surface area contributed by atoms with Crippen molar-refractivity contribution in [2.24, 2.45) is 0 Å². The van der Waals surface area contributed by atoms with Crippen molar-refractivity contribution in [3.05, 3.63) is 53.5 Å². The van der Waals surface area contributed by atoms with E-state index in [0.717, 1.165) is 4.90 Å². The lowest BCUT2D eigenvalue weighted by atomic mass is 10.1. The summed E-state index contributed by atoms with van der Waals surface area (Å²) >= 11 is 0. The first-order valence-corrected chi connectivity index (χ1v) is 10.1. The van der Waals surface area contributed by atoms with E-state index in [1.807, 2.05) is 0 Å². The van der Waals surface area contributed by atoms with Crippen molar-refractivity contribution in [3.8, 4) is 11.8 Å². The second kappa shape index (κ2) is 7.95. The highest BCUT2D eigenvalue weighted by atomic mass is 16.6. The number of fused-ring (bicyclic) bond motifs is 2. The van der Waals surface area contributed by atoms with E-state index in [9.17, 15) is 24.9 Å². The molecule has 2 aliphatic rings. The summed E-state index contributed by atoms with van der Waals surface area (Å²) in [4.78, 5) is 34.3. The summed E-state index contributed by atoms with van der Waals surface area (Å²) in [7, 11) is 0. The fourth-order valence-electron chi connectivity index (χ4n) is 4.10. The monoisotopic (exact) mass is 449 g/mol. The van der Waals surface area contributed by atoms with E-state index in [0.29, 0.717) is 27.7 Å². The highest BCUT2D eigenvalue weighted by Gasteiger charge is 2.44. The van der Waals surface area contributed by atoms with Crippen molar-refractivity contribution >= 4 is 28.7 Å². The summed E-state index contributed by atoms with van der Waals surface area (Å²) in [6, 6.07) is 6.56. The van der Waals surface area contributed by atoms with E-state index in [-0.39, 0.29) is 12.4 Å². The molecule has 4 atom stereocenters. The first-order valence-electron chi connectivity index (χ1n) is 10.1. The van der Waals surface area contributed by atoms with Crippen LogP contribution in [0.2, 0.25) is 0 Å². The zero-order valence-corrected chi connectivity index (χ0v) is 17.1. The van der Waals surface area contributed by atoms with Gasteiger partial charge < -0.3 is 30.4 Å². The number of carbonyl (C=O) groups is 2. The van der Waals surface area contributed by atoms with Crippen LogP contribution in [0.1, 0.15) is 32.5 Å². The van der Waals surface area contributed by atoms with Gasteiger partial charge >= 0.3 is 0 Å². The van der Waals surface area contributed by atoms with Crippen LogP contribution in [-0.4, -0.2) is 78.0 Å². The maximum absolute atomic E-state index is 12.5. The van der Waals surface area contributed by atoms with Crippen molar-refractivity contribution < 1.29 is 29.6 Å². The van der Waals surface area contributed by atoms with E-state index >= 15 is 0 Å². The minimum absolute atomic E-state index is 0.135. The molecule has 0 aliphatic carbocycles. The van der Waals surface area contributed by atoms with E-state index in [4.69, 9.17) is 10.5 Å². The molecule has 4 heterocycles. The number of carbonyl (C=O) groups excluding carboxylic acids is 2. The molecule has 1 saturated heterocycles. The SMILES string of the molecule is Nc1ncnc2c1c(C#CCN1C(=O)c3ccccc3C1=O)cn2[C@@H]1O[C@H](CO)[C@@H](O)[C@H]1O. The number of aliphatic hydroxyl groups is 3. The molecule has 2 amide bonds. The number of nitrogens with two attached hydrogens (primary N) is 1. The molecular formula is C22H19N5O6. The third-order valence-corrected chi connectivity index (χ3v) is 5.77. The Morgan fingerprint density at radius 3 is 2.42 bits per heavy atom.